The third kappa shape index (κ3) is 7.42. The van der Waals surface area contributed by atoms with Gasteiger partial charge in [-0.2, -0.15) is 0 Å². The van der Waals surface area contributed by atoms with Gasteiger partial charge >= 0.3 is 0 Å². The Bertz CT molecular complexity index is 344. The van der Waals surface area contributed by atoms with Crippen molar-refractivity contribution in [3.63, 3.8) is 0 Å². The average Bonchev–Trinajstić information content (AvgIpc) is 1.93. The first kappa shape index (κ1) is 18.0. The van der Waals surface area contributed by atoms with E-state index in [-0.39, 0.29) is 5.54 Å². The van der Waals surface area contributed by atoms with E-state index in [1.165, 1.54) is 6.42 Å². The van der Waals surface area contributed by atoms with Crippen LogP contribution in [0.1, 0.15) is 61.3 Å². The maximum atomic E-state index is 12.2. The summed E-state index contributed by atoms with van der Waals surface area (Å²) in [5, 5.41) is 0. The van der Waals surface area contributed by atoms with Crippen molar-refractivity contribution >= 4 is 15.6 Å². The summed E-state index contributed by atoms with van der Waals surface area (Å²) < 4.78 is 14.3. The van der Waals surface area contributed by atoms with E-state index in [0.29, 0.717) is 11.3 Å². The van der Waals surface area contributed by atoms with Crippen LogP contribution < -0.4 is 0 Å². The topological polar surface area (TPSA) is 20.3 Å². The zero-order chi connectivity index (χ0) is 14.8. The van der Waals surface area contributed by atoms with Crippen molar-refractivity contribution in [1.29, 1.82) is 0 Å². The van der Waals surface area contributed by atoms with Crippen molar-refractivity contribution < 1.29 is 4.21 Å². The SMILES string of the molecule is C=S(C)(=O)N(CCC(C)CC(C)(C)C)C(C)(C)C. The van der Waals surface area contributed by atoms with Crippen molar-refractivity contribution in [2.75, 3.05) is 12.8 Å². The Morgan fingerprint density at radius 3 is 1.89 bits per heavy atom. The molecule has 0 aromatic carbocycles. The Labute approximate surface area is 115 Å². The summed E-state index contributed by atoms with van der Waals surface area (Å²) >= 11 is 0. The van der Waals surface area contributed by atoms with Gasteiger partial charge in [0.1, 0.15) is 0 Å². The molecule has 0 aromatic heterocycles. The summed E-state index contributed by atoms with van der Waals surface area (Å²) in [6, 6.07) is 0. The first-order valence-electron chi connectivity index (χ1n) is 6.83. The lowest BCUT2D eigenvalue weighted by molar-refractivity contribution is 0.227. The van der Waals surface area contributed by atoms with Gasteiger partial charge < -0.3 is 0 Å². The van der Waals surface area contributed by atoms with Gasteiger partial charge in [-0.25, -0.2) is 4.31 Å². The molecule has 0 aliphatic carbocycles. The molecule has 0 spiro atoms. The monoisotopic (exact) mass is 275 g/mol. The van der Waals surface area contributed by atoms with Gasteiger partial charge in [-0.15, -0.1) is 0 Å². The molecule has 2 unspecified atom stereocenters. The highest BCUT2D eigenvalue weighted by Gasteiger charge is 2.26. The highest BCUT2D eigenvalue weighted by Crippen LogP contribution is 2.27. The van der Waals surface area contributed by atoms with E-state index in [1.807, 2.05) is 0 Å². The van der Waals surface area contributed by atoms with Crippen molar-refractivity contribution in [2.45, 2.75) is 66.8 Å². The zero-order valence-electron chi connectivity index (χ0n) is 13.7. The minimum atomic E-state index is -2.13. The average molecular weight is 276 g/mol. The van der Waals surface area contributed by atoms with Crippen molar-refractivity contribution in [1.82, 2.24) is 4.31 Å². The second-order valence-electron chi connectivity index (χ2n) is 7.89. The molecule has 0 N–H and O–H groups in total. The van der Waals surface area contributed by atoms with E-state index in [9.17, 15) is 4.21 Å². The first-order chi connectivity index (χ1) is 7.73. The molecule has 2 atom stereocenters. The van der Waals surface area contributed by atoms with Gasteiger partial charge in [0, 0.05) is 28.0 Å². The fraction of sp³-hybridized carbons (Fsp3) is 0.933. The largest absolute Gasteiger partial charge is 0.253 e. The predicted octanol–water partition coefficient (Wildman–Crippen LogP) is 3.81. The summed E-state index contributed by atoms with van der Waals surface area (Å²) in [6.07, 6.45) is 4.02. The molecule has 18 heavy (non-hydrogen) atoms. The summed E-state index contributed by atoms with van der Waals surface area (Å²) in [6.45, 7) is 16.3. The molecule has 0 saturated carbocycles. The van der Waals surface area contributed by atoms with Crippen LogP contribution in [-0.4, -0.2) is 32.7 Å². The van der Waals surface area contributed by atoms with Gasteiger partial charge in [0.05, 0.1) is 0 Å². The maximum Gasteiger partial charge on any atom is 0.0250 e. The van der Waals surface area contributed by atoms with Crippen LogP contribution in [0.5, 0.6) is 0 Å². The van der Waals surface area contributed by atoms with Crippen LogP contribution in [-0.2, 0) is 9.71 Å². The second-order valence-corrected chi connectivity index (χ2v) is 10.3. The standard InChI is InChI=1S/C15H33NOS/c1-13(12-14(2,3)4)10-11-16(15(5,6)7)18(8,9)17/h13H,8,10-12H2,1-7,9H3. The minimum Gasteiger partial charge on any atom is -0.253 e. The van der Waals surface area contributed by atoms with Crippen LogP contribution >= 0.6 is 0 Å². The summed E-state index contributed by atoms with van der Waals surface area (Å²) in [5.41, 5.74) is 0.277. The molecule has 2 nitrogen and oxygen atoms in total. The Kier molecular flexibility index (Phi) is 5.95. The molecule has 3 heteroatoms. The van der Waals surface area contributed by atoms with Crippen molar-refractivity contribution in [2.24, 2.45) is 11.3 Å². The lowest BCUT2D eigenvalue weighted by atomic mass is 9.84. The number of rotatable bonds is 5. The van der Waals surface area contributed by atoms with E-state index in [4.69, 9.17) is 0 Å². The zero-order valence-corrected chi connectivity index (χ0v) is 14.5. The van der Waals surface area contributed by atoms with Gasteiger partial charge in [0.2, 0.25) is 0 Å². The number of hydrogen-bond donors (Lipinski definition) is 0. The molecule has 0 bridgehead atoms. The third-order valence-electron chi connectivity index (χ3n) is 3.00. The first-order valence-corrected chi connectivity index (χ1v) is 8.93. The Morgan fingerprint density at radius 1 is 1.17 bits per heavy atom. The van der Waals surface area contributed by atoms with E-state index in [1.54, 1.807) is 6.26 Å². The lowest BCUT2D eigenvalue weighted by Crippen LogP contribution is -2.45. The van der Waals surface area contributed by atoms with Gasteiger partial charge in [-0.05, 0) is 50.8 Å². The quantitative estimate of drug-likeness (QED) is 0.699. The highest BCUT2D eigenvalue weighted by molar-refractivity contribution is 7.97. The molecule has 0 aliphatic heterocycles. The summed E-state index contributed by atoms with van der Waals surface area (Å²) in [7, 11) is -2.13. The van der Waals surface area contributed by atoms with Crippen molar-refractivity contribution in [3.05, 3.63) is 0 Å². The Balaban J connectivity index is 4.57. The van der Waals surface area contributed by atoms with E-state index in [2.05, 4.69) is 58.6 Å². The molecule has 0 aromatic rings. The van der Waals surface area contributed by atoms with Crippen LogP contribution in [0.2, 0.25) is 0 Å². The molecular weight excluding hydrogens is 242 g/mol. The molecular formula is C15H33NOS. The van der Waals surface area contributed by atoms with Crippen molar-refractivity contribution in [3.8, 4) is 0 Å². The Hall–Kier alpha value is -0.0200. The number of hydrogen-bond acceptors (Lipinski definition) is 1. The molecule has 0 amide bonds. The van der Waals surface area contributed by atoms with Crippen LogP contribution in [0.15, 0.2) is 0 Å². The van der Waals surface area contributed by atoms with Crippen LogP contribution in [0, 0.1) is 11.3 Å². The minimum absolute atomic E-state index is 0.0883. The molecule has 0 fully saturated rings. The lowest BCUT2D eigenvalue weighted by Gasteiger charge is -2.37. The molecule has 0 saturated heterocycles. The second kappa shape index (κ2) is 5.96. The smallest absolute Gasteiger partial charge is 0.0250 e. The summed E-state index contributed by atoms with van der Waals surface area (Å²) in [4.78, 5) is 0. The van der Waals surface area contributed by atoms with E-state index >= 15 is 0 Å². The predicted molar refractivity (Wildman–Crippen MR) is 85.5 cm³/mol. The maximum absolute atomic E-state index is 12.2. The van der Waals surface area contributed by atoms with Crippen LogP contribution in [0.25, 0.3) is 0 Å². The van der Waals surface area contributed by atoms with Gasteiger partial charge in [-0.1, -0.05) is 27.7 Å². The molecule has 0 rings (SSSR count). The summed E-state index contributed by atoms with van der Waals surface area (Å²) in [5.74, 6) is 4.49. The molecule has 0 heterocycles. The van der Waals surface area contributed by atoms with Crippen LogP contribution in [0.4, 0.5) is 0 Å². The van der Waals surface area contributed by atoms with Gasteiger partial charge in [-0.3, -0.25) is 4.21 Å². The highest BCUT2D eigenvalue weighted by atomic mass is 32.2. The fourth-order valence-corrected chi connectivity index (χ4v) is 4.24. The van der Waals surface area contributed by atoms with Crippen LogP contribution in [0.3, 0.4) is 0 Å². The van der Waals surface area contributed by atoms with E-state index in [0.717, 1.165) is 13.0 Å². The van der Waals surface area contributed by atoms with E-state index < -0.39 is 9.71 Å². The molecule has 0 aliphatic rings. The fourth-order valence-electron chi connectivity index (χ4n) is 2.59. The molecule has 0 radical (unpaired) electrons. The third-order valence-corrected chi connectivity index (χ3v) is 4.66. The number of nitrogens with zero attached hydrogens (tertiary/aromatic N) is 1. The normalized spacial score (nSPS) is 18.7. The van der Waals surface area contributed by atoms with Gasteiger partial charge in [0.25, 0.3) is 0 Å². The molecule has 110 valence electrons. The van der Waals surface area contributed by atoms with Gasteiger partial charge in [0.15, 0.2) is 0 Å². The Morgan fingerprint density at radius 2 is 1.61 bits per heavy atom.